The van der Waals surface area contributed by atoms with Gasteiger partial charge in [-0.1, -0.05) is 43.5 Å². The number of aryl methyl sites for hydroxylation is 1. The number of benzene rings is 1. The molecule has 0 unspecified atom stereocenters. The molecule has 0 bridgehead atoms. The van der Waals surface area contributed by atoms with E-state index < -0.39 is 0 Å². The third kappa shape index (κ3) is 4.08. The van der Waals surface area contributed by atoms with Crippen LogP contribution in [0.5, 0.6) is 0 Å². The summed E-state index contributed by atoms with van der Waals surface area (Å²) < 4.78 is 0. The van der Waals surface area contributed by atoms with Crippen LogP contribution in [0.15, 0.2) is 24.3 Å². The molecule has 2 amide bonds. The first kappa shape index (κ1) is 14.6. The zero-order chi connectivity index (χ0) is 14.4. The first-order valence-corrected chi connectivity index (χ1v) is 7.30. The molecule has 1 aliphatic carbocycles. The van der Waals surface area contributed by atoms with Gasteiger partial charge in [-0.2, -0.15) is 0 Å². The number of amides is 2. The Hall–Kier alpha value is -1.84. The Morgan fingerprint density at radius 1 is 1.10 bits per heavy atom. The van der Waals surface area contributed by atoms with E-state index in [4.69, 9.17) is 0 Å². The third-order valence-electron chi connectivity index (χ3n) is 3.91. The van der Waals surface area contributed by atoms with Crippen molar-refractivity contribution in [3.63, 3.8) is 0 Å². The van der Waals surface area contributed by atoms with Crippen molar-refractivity contribution in [2.45, 2.75) is 45.4 Å². The Morgan fingerprint density at radius 2 is 1.80 bits per heavy atom. The highest BCUT2D eigenvalue weighted by molar-refractivity contribution is 5.84. The van der Waals surface area contributed by atoms with E-state index in [2.05, 4.69) is 10.9 Å². The quantitative estimate of drug-likeness (QED) is 0.831. The van der Waals surface area contributed by atoms with Crippen LogP contribution < -0.4 is 10.9 Å². The lowest BCUT2D eigenvalue weighted by molar-refractivity contribution is -0.131. The second-order valence-corrected chi connectivity index (χ2v) is 5.48. The van der Waals surface area contributed by atoms with Gasteiger partial charge in [-0.25, -0.2) is 0 Å². The van der Waals surface area contributed by atoms with Crippen molar-refractivity contribution in [3.8, 4) is 0 Å². The van der Waals surface area contributed by atoms with Crippen molar-refractivity contribution in [3.05, 3.63) is 35.4 Å². The summed E-state index contributed by atoms with van der Waals surface area (Å²) in [7, 11) is 0. The number of carbonyl (C=O) groups is 2. The maximum atomic E-state index is 11.9. The number of hydrogen-bond donors (Lipinski definition) is 2. The van der Waals surface area contributed by atoms with Crippen LogP contribution in [-0.2, 0) is 16.0 Å². The molecular weight excluding hydrogens is 252 g/mol. The number of carbonyl (C=O) groups excluding carboxylic acids is 2. The van der Waals surface area contributed by atoms with Gasteiger partial charge >= 0.3 is 0 Å². The van der Waals surface area contributed by atoms with Crippen LogP contribution in [0.3, 0.4) is 0 Å². The number of hydrogen-bond acceptors (Lipinski definition) is 2. The average molecular weight is 274 g/mol. The third-order valence-corrected chi connectivity index (χ3v) is 3.91. The van der Waals surface area contributed by atoms with Crippen LogP contribution in [0.1, 0.15) is 43.2 Å². The minimum absolute atomic E-state index is 0.0529. The van der Waals surface area contributed by atoms with Gasteiger partial charge in [0.1, 0.15) is 0 Å². The van der Waals surface area contributed by atoms with Crippen LogP contribution in [0.2, 0.25) is 0 Å². The van der Waals surface area contributed by atoms with Crippen LogP contribution in [0.4, 0.5) is 0 Å². The molecule has 1 saturated carbocycles. The van der Waals surface area contributed by atoms with E-state index in [1.165, 1.54) is 6.42 Å². The average Bonchev–Trinajstić information content (AvgIpc) is 2.48. The van der Waals surface area contributed by atoms with E-state index in [-0.39, 0.29) is 24.2 Å². The number of rotatable bonds is 3. The van der Waals surface area contributed by atoms with Gasteiger partial charge in [-0.15, -0.1) is 0 Å². The van der Waals surface area contributed by atoms with E-state index in [0.29, 0.717) is 0 Å². The normalized spacial score (nSPS) is 15.7. The second-order valence-electron chi connectivity index (χ2n) is 5.48. The molecule has 0 radical (unpaired) electrons. The summed E-state index contributed by atoms with van der Waals surface area (Å²) in [5, 5.41) is 0. The van der Waals surface area contributed by atoms with E-state index in [9.17, 15) is 9.59 Å². The van der Waals surface area contributed by atoms with Crippen molar-refractivity contribution in [1.29, 1.82) is 0 Å². The van der Waals surface area contributed by atoms with Crippen molar-refractivity contribution < 1.29 is 9.59 Å². The maximum absolute atomic E-state index is 11.9. The zero-order valence-corrected chi connectivity index (χ0v) is 11.9. The second kappa shape index (κ2) is 7.08. The van der Waals surface area contributed by atoms with Gasteiger partial charge in [0, 0.05) is 5.92 Å². The summed E-state index contributed by atoms with van der Waals surface area (Å²) in [4.78, 5) is 23.7. The molecule has 1 aliphatic rings. The van der Waals surface area contributed by atoms with Gasteiger partial charge in [-0.05, 0) is 30.9 Å². The summed E-state index contributed by atoms with van der Waals surface area (Å²) >= 11 is 0. The first-order chi connectivity index (χ1) is 9.66. The zero-order valence-electron chi connectivity index (χ0n) is 11.9. The molecule has 0 heterocycles. The molecule has 2 N–H and O–H groups in total. The van der Waals surface area contributed by atoms with E-state index in [1.54, 1.807) is 0 Å². The minimum Gasteiger partial charge on any atom is -0.273 e. The first-order valence-electron chi connectivity index (χ1n) is 7.30. The molecular formula is C16H22N2O2. The Balaban J connectivity index is 1.77. The lowest BCUT2D eigenvalue weighted by atomic mass is 9.89. The summed E-state index contributed by atoms with van der Waals surface area (Å²) in [5.74, 6) is -0.172. The van der Waals surface area contributed by atoms with Crippen molar-refractivity contribution >= 4 is 11.8 Å². The fraction of sp³-hybridized carbons (Fsp3) is 0.500. The predicted molar refractivity (Wildman–Crippen MR) is 77.7 cm³/mol. The van der Waals surface area contributed by atoms with E-state index in [1.807, 2.05) is 31.2 Å². The van der Waals surface area contributed by atoms with Crippen LogP contribution in [0.25, 0.3) is 0 Å². The number of hydrazine groups is 1. The summed E-state index contributed by atoms with van der Waals surface area (Å²) in [6.07, 6.45) is 5.57. The molecule has 0 spiro atoms. The molecule has 0 atom stereocenters. The molecule has 0 aliphatic heterocycles. The highest BCUT2D eigenvalue weighted by Gasteiger charge is 2.21. The van der Waals surface area contributed by atoms with E-state index in [0.717, 1.165) is 36.8 Å². The van der Waals surface area contributed by atoms with Crippen molar-refractivity contribution in [2.24, 2.45) is 5.92 Å². The molecule has 108 valence electrons. The fourth-order valence-electron chi connectivity index (χ4n) is 2.62. The summed E-state index contributed by atoms with van der Waals surface area (Å²) in [5.41, 5.74) is 7.14. The highest BCUT2D eigenvalue weighted by atomic mass is 16.2. The topological polar surface area (TPSA) is 58.2 Å². The summed E-state index contributed by atoms with van der Waals surface area (Å²) in [6.45, 7) is 1.98. The van der Waals surface area contributed by atoms with Gasteiger partial charge in [0.15, 0.2) is 0 Å². The lowest BCUT2D eigenvalue weighted by Crippen LogP contribution is -2.45. The largest absolute Gasteiger partial charge is 0.273 e. The molecule has 4 heteroatoms. The standard InChI is InChI=1S/C16H22N2O2/c1-12-7-5-6-10-14(12)11-15(19)17-18-16(20)13-8-3-2-4-9-13/h5-7,10,13H,2-4,8-9,11H2,1H3,(H,17,19)(H,18,20). The van der Waals surface area contributed by atoms with Crippen LogP contribution in [0, 0.1) is 12.8 Å². The van der Waals surface area contributed by atoms with Gasteiger partial charge < -0.3 is 0 Å². The molecule has 0 saturated heterocycles. The SMILES string of the molecule is Cc1ccccc1CC(=O)NNC(=O)C1CCCCC1. The fourth-order valence-corrected chi connectivity index (χ4v) is 2.62. The van der Waals surface area contributed by atoms with Gasteiger partial charge in [0.05, 0.1) is 6.42 Å². The molecule has 20 heavy (non-hydrogen) atoms. The Bertz CT molecular complexity index is 479. The Labute approximate surface area is 119 Å². The van der Waals surface area contributed by atoms with Gasteiger partial charge in [0.2, 0.25) is 11.8 Å². The Kier molecular flexibility index (Phi) is 5.16. The highest BCUT2D eigenvalue weighted by Crippen LogP contribution is 2.23. The van der Waals surface area contributed by atoms with Crippen LogP contribution in [-0.4, -0.2) is 11.8 Å². The Morgan fingerprint density at radius 3 is 2.50 bits per heavy atom. The number of nitrogens with one attached hydrogen (secondary N) is 2. The molecule has 0 aromatic heterocycles. The summed E-state index contributed by atoms with van der Waals surface area (Å²) in [6, 6.07) is 7.76. The predicted octanol–water partition coefficient (Wildman–Crippen LogP) is 2.27. The van der Waals surface area contributed by atoms with E-state index >= 15 is 0 Å². The van der Waals surface area contributed by atoms with Gasteiger partial charge in [0.25, 0.3) is 0 Å². The van der Waals surface area contributed by atoms with Crippen molar-refractivity contribution in [1.82, 2.24) is 10.9 Å². The smallest absolute Gasteiger partial charge is 0.242 e. The van der Waals surface area contributed by atoms with Crippen LogP contribution >= 0.6 is 0 Å². The molecule has 1 aromatic carbocycles. The maximum Gasteiger partial charge on any atom is 0.242 e. The monoisotopic (exact) mass is 274 g/mol. The molecule has 2 rings (SSSR count). The minimum atomic E-state index is -0.177. The molecule has 1 aromatic rings. The van der Waals surface area contributed by atoms with Crippen molar-refractivity contribution in [2.75, 3.05) is 0 Å². The molecule has 4 nitrogen and oxygen atoms in total. The molecule has 1 fully saturated rings. The lowest BCUT2D eigenvalue weighted by Gasteiger charge is -2.20. The van der Waals surface area contributed by atoms with Gasteiger partial charge in [-0.3, -0.25) is 20.4 Å².